The number of nitrogens with two attached hydrogens (primary N) is 1. The van der Waals surface area contributed by atoms with Crippen LogP contribution >= 0.6 is 11.6 Å². The lowest BCUT2D eigenvalue weighted by atomic mass is 10.1. The van der Waals surface area contributed by atoms with Gasteiger partial charge < -0.3 is 10.6 Å². The molecule has 1 heterocycles. The zero-order valence-corrected chi connectivity index (χ0v) is 10.1. The molecule has 0 spiro atoms. The Labute approximate surface area is 109 Å². The number of anilines is 1. The minimum atomic E-state index is -0.511. The lowest BCUT2D eigenvalue weighted by Gasteiger charge is -2.18. The molecular weight excluding hydrogens is 254 g/mol. The molecule has 0 bridgehead atoms. The third-order valence-electron chi connectivity index (χ3n) is 2.92. The van der Waals surface area contributed by atoms with E-state index < -0.39 is 11.8 Å². The van der Waals surface area contributed by atoms with Gasteiger partial charge in [0.1, 0.15) is 6.07 Å². The fraction of sp³-hybridized carbons (Fsp3) is 0.250. The SMILES string of the molecule is N#Cc1c(Cl)cccc1N1CC(C(N)=O)CC1=O. The van der Waals surface area contributed by atoms with Crippen molar-refractivity contribution in [2.24, 2.45) is 11.7 Å². The highest BCUT2D eigenvalue weighted by Gasteiger charge is 2.35. The van der Waals surface area contributed by atoms with Gasteiger partial charge in [-0.05, 0) is 12.1 Å². The molecule has 2 amide bonds. The molecule has 0 radical (unpaired) electrons. The van der Waals surface area contributed by atoms with E-state index in [1.165, 1.54) is 4.90 Å². The van der Waals surface area contributed by atoms with Gasteiger partial charge in [0.15, 0.2) is 0 Å². The van der Waals surface area contributed by atoms with E-state index in [9.17, 15) is 9.59 Å². The number of carbonyl (C=O) groups is 2. The number of amides is 2. The highest BCUT2D eigenvalue weighted by molar-refractivity contribution is 6.32. The van der Waals surface area contributed by atoms with Crippen molar-refractivity contribution >= 4 is 29.1 Å². The fourth-order valence-corrected chi connectivity index (χ4v) is 2.19. The smallest absolute Gasteiger partial charge is 0.227 e. The maximum atomic E-state index is 11.8. The van der Waals surface area contributed by atoms with Crippen molar-refractivity contribution in [1.29, 1.82) is 5.26 Å². The van der Waals surface area contributed by atoms with Crippen LogP contribution in [-0.4, -0.2) is 18.4 Å². The molecule has 0 aliphatic carbocycles. The van der Waals surface area contributed by atoms with Gasteiger partial charge in [-0.25, -0.2) is 0 Å². The van der Waals surface area contributed by atoms with Crippen LogP contribution in [0.3, 0.4) is 0 Å². The van der Waals surface area contributed by atoms with Crippen LogP contribution in [0, 0.1) is 17.2 Å². The van der Waals surface area contributed by atoms with Crippen LogP contribution < -0.4 is 10.6 Å². The van der Waals surface area contributed by atoms with Crippen molar-refractivity contribution < 1.29 is 9.59 Å². The number of carbonyl (C=O) groups excluding carboxylic acids is 2. The predicted octanol–water partition coefficient (Wildman–Crippen LogP) is 1.05. The average Bonchev–Trinajstić information content (AvgIpc) is 2.71. The zero-order chi connectivity index (χ0) is 13.3. The summed E-state index contributed by atoms with van der Waals surface area (Å²) < 4.78 is 0. The number of benzene rings is 1. The van der Waals surface area contributed by atoms with E-state index >= 15 is 0 Å². The molecule has 1 aliphatic rings. The molecule has 1 fully saturated rings. The molecule has 1 aromatic rings. The predicted molar refractivity (Wildman–Crippen MR) is 65.8 cm³/mol. The van der Waals surface area contributed by atoms with E-state index in [0.29, 0.717) is 5.69 Å². The first-order valence-electron chi connectivity index (χ1n) is 5.33. The minimum Gasteiger partial charge on any atom is -0.369 e. The van der Waals surface area contributed by atoms with Gasteiger partial charge in [0, 0.05) is 13.0 Å². The van der Waals surface area contributed by atoms with Crippen molar-refractivity contribution in [3.63, 3.8) is 0 Å². The summed E-state index contributed by atoms with van der Waals surface area (Å²) in [5, 5.41) is 9.34. The van der Waals surface area contributed by atoms with Crippen molar-refractivity contribution in [2.75, 3.05) is 11.4 Å². The normalized spacial score (nSPS) is 18.8. The molecule has 18 heavy (non-hydrogen) atoms. The highest BCUT2D eigenvalue weighted by atomic mass is 35.5. The third-order valence-corrected chi connectivity index (χ3v) is 3.24. The van der Waals surface area contributed by atoms with Crippen LogP contribution in [0.5, 0.6) is 0 Å². The standard InChI is InChI=1S/C12H10ClN3O2/c13-9-2-1-3-10(8(9)5-14)16-6-7(12(15)18)4-11(16)17/h1-3,7H,4,6H2,(H2,15,18). The second-order valence-electron chi connectivity index (χ2n) is 4.05. The quantitative estimate of drug-likeness (QED) is 0.865. The summed E-state index contributed by atoms with van der Waals surface area (Å²) in [4.78, 5) is 24.3. The lowest BCUT2D eigenvalue weighted by Crippen LogP contribution is -2.28. The summed E-state index contributed by atoms with van der Waals surface area (Å²) >= 11 is 5.90. The van der Waals surface area contributed by atoms with Crippen LogP contribution in [0.2, 0.25) is 5.02 Å². The summed E-state index contributed by atoms with van der Waals surface area (Å²) in [5.41, 5.74) is 5.86. The first kappa shape index (κ1) is 12.4. The molecule has 1 aromatic carbocycles. The van der Waals surface area contributed by atoms with E-state index in [1.54, 1.807) is 18.2 Å². The second kappa shape index (κ2) is 4.67. The first-order valence-corrected chi connectivity index (χ1v) is 5.70. The van der Waals surface area contributed by atoms with E-state index in [4.69, 9.17) is 22.6 Å². The summed E-state index contributed by atoms with van der Waals surface area (Å²) in [6.45, 7) is 0.198. The van der Waals surface area contributed by atoms with Crippen molar-refractivity contribution in [1.82, 2.24) is 0 Å². The van der Waals surface area contributed by atoms with Crippen molar-refractivity contribution in [3.8, 4) is 6.07 Å². The van der Waals surface area contributed by atoms with Crippen LogP contribution in [-0.2, 0) is 9.59 Å². The van der Waals surface area contributed by atoms with Crippen molar-refractivity contribution in [3.05, 3.63) is 28.8 Å². The Morgan fingerprint density at radius 3 is 2.83 bits per heavy atom. The van der Waals surface area contributed by atoms with Crippen LogP contribution in [0.15, 0.2) is 18.2 Å². The van der Waals surface area contributed by atoms with Crippen LogP contribution in [0.4, 0.5) is 5.69 Å². The lowest BCUT2D eigenvalue weighted by molar-refractivity contribution is -0.123. The maximum Gasteiger partial charge on any atom is 0.227 e. The molecule has 1 unspecified atom stereocenters. The van der Waals surface area contributed by atoms with Gasteiger partial charge in [-0.15, -0.1) is 0 Å². The van der Waals surface area contributed by atoms with Crippen LogP contribution in [0.1, 0.15) is 12.0 Å². The molecule has 2 rings (SSSR count). The summed E-state index contributed by atoms with van der Waals surface area (Å²) in [5.74, 6) is -1.24. The number of halogens is 1. The Morgan fingerprint density at radius 1 is 1.56 bits per heavy atom. The molecule has 5 nitrogen and oxygen atoms in total. The first-order chi connectivity index (χ1) is 8.54. The Hall–Kier alpha value is -2.06. The minimum absolute atomic E-state index is 0.0761. The largest absolute Gasteiger partial charge is 0.369 e. The molecule has 1 saturated heterocycles. The number of primary amides is 1. The topological polar surface area (TPSA) is 87.2 Å². The Morgan fingerprint density at radius 2 is 2.28 bits per heavy atom. The van der Waals surface area contributed by atoms with Gasteiger partial charge >= 0.3 is 0 Å². The maximum absolute atomic E-state index is 11.8. The van der Waals surface area contributed by atoms with Gasteiger partial charge in [-0.1, -0.05) is 17.7 Å². The van der Waals surface area contributed by atoms with Crippen LogP contribution in [0.25, 0.3) is 0 Å². The van der Waals surface area contributed by atoms with Gasteiger partial charge in [-0.2, -0.15) is 5.26 Å². The Balaban J connectivity index is 2.39. The molecular formula is C12H10ClN3O2. The molecule has 1 aliphatic heterocycles. The molecule has 1 atom stereocenters. The number of hydrogen-bond donors (Lipinski definition) is 1. The monoisotopic (exact) mass is 263 g/mol. The Kier molecular flexibility index (Phi) is 3.21. The van der Waals surface area contributed by atoms with E-state index in [0.717, 1.165) is 0 Å². The van der Waals surface area contributed by atoms with E-state index in [2.05, 4.69) is 0 Å². The van der Waals surface area contributed by atoms with Gasteiger partial charge in [0.25, 0.3) is 0 Å². The fourth-order valence-electron chi connectivity index (χ4n) is 1.98. The molecule has 92 valence electrons. The number of nitrogens with zero attached hydrogens (tertiary/aromatic N) is 2. The zero-order valence-electron chi connectivity index (χ0n) is 9.39. The number of rotatable bonds is 2. The van der Waals surface area contributed by atoms with Gasteiger partial charge in [0.05, 0.1) is 22.2 Å². The highest BCUT2D eigenvalue weighted by Crippen LogP contribution is 2.31. The van der Waals surface area contributed by atoms with Gasteiger partial charge in [-0.3, -0.25) is 9.59 Å². The summed E-state index contributed by atoms with van der Waals surface area (Å²) in [7, 11) is 0. The van der Waals surface area contributed by atoms with E-state index in [-0.39, 0.29) is 29.5 Å². The second-order valence-corrected chi connectivity index (χ2v) is 4.46. The van der Waals surface area contributed by atoms with Gasteiger partial charge in [0.2, 0.25) is 11.8 Å². The third kappa shape index (κ3) is 2.03. The summed E-state index contributed by atoms with van der Waals surface area (Å²) in [6, 6.07) is 6.83. The number of nitriles is 1. The van der Waals surface area contributed by atoms with Crippen molar-refractivity contribution in [2.45, 2.75) is 6.42 Å². The molecule has 0 aromatic heterocycles. The average molecular weight is 264 g/mol. The Bertz CT molecular complexity index is 565. The number of hydrogen-bond acceptors (Lipinski definition) is 3. The van der Waals surface area contributed by atoms with E-state index in [1.807, 2.05) is 6.07 Å². The summed E-state index contributed by atoms with van der Waals surface area (Å²) in [6.07, 6.45) is 0.0761. The molecule has 2 N–H and O–H groups in total. The molecule has 6 heteroatoms. The molecule has 0 saturated carbocycles.